The summed E-state index contributed by atoms with van der Waals surface area (Å²) >= 11 is 0. The van der Waals surface area contributed by atoms with E-state index in [2.05, 4.69) is 27.4 Å². The molecule has 0 bridgehead atoms. The molecule has 1 unspecified atom stereocenters. The summed E-state index contributed by atoms with van der Waals surface area (Å²) in [5.41, 5.74) is 2.63. The first-order valence-electron chi connectivity index (χ1n) is 8.60. The average molecular weight is 302 g/mol. The van der Waals surface area contributed by atoms with E-state index in [0.717, 1.165) is 31.3 Å². The molecule has 0 aromatic carbocycles. The molecule has 0 heterocycles. The minimum absolute atomic E-state index is 0.230. The molecule has 0 aromatic rings. The molecule has 2 saturated carbocycles. The van der Waals surface area contributed by atoms with Gasteiger partial charge in [0.2, 0.25) is 0 Å². The van der Waals surface area contributed by atoms with Crippen LogP contribution < -0.4 is 0 Å². The van der Waals surface area contributed by atoms with Crippen LogP contribution >= 0.6 is 0 Å². The van der Waals surface area contributed by atoms with E-state index in [4.69, 9.17) is 0 Å². The van der Waals surface area contributed by atoms with Gasteiger partial charge in [-0.3, -0.25) is 4.79 Å². The molecular formula is C20H30O2. The Morgan fingerprint density at radius 1 is 1.27 bits per heavy atom. The molecule has 0 amide bonds. The zero-order valence-corrected chi connectivity index (χ0v) is 14.4. The van der Waals surface area contributed by atoms with Crippen LogP contribution in [0.15, 0.2) is 23.8 Å². The second kappa shape index (κ2) is 6.52. The van der Waals surface area contributed by atoms with Gasteiger partial charge in [-0.25, -0.2) is 0 Å². The predicted molar refractivity (Wildman–Crippen MR) is 90.5 cm³/mol. The molecule has 0 radical (unpaired) electrons. The van der Waals surface area contributed by atoms with Crippen molar-refractivity contribution in [1.82, 2.24) is 0 Å². The van der Waals surface area contributed by atoms with Gasteiger partial charge in [0.05, 0.1) is 0 Å². The third kappa shape index (κ3) is 3.11. The maximum Gasteiger partial charge on any atom is 0.146 e. The molecule has 2 fully saturated rings. The maximum atomic E-state index is 11.1. The van der Waals surface area contributed by atoms with Gasteiger partial charge >= 0.3 is 0 Å². The first kappa shape index (κ1) is 17.2. The van der Waals surface area contributed by atoms with Crippen molar-refractivity contribution in [2.24, 2.45) is 22.7 Å². The minimum Gasteiger partial charge on any atom is -0.303 e. The lowest BCUT2D eigenvalue weighted by Gasteiger charge is -2.58. The van der Waals surface area contributed by atoms with E-state index in [1.54, 1.807) is 0 Å². The molecule has 0 saturated heterocycles. The van der Waals surface area contributed by atoms with Crippen LogP contribution in [-0.2, 0) is 9.59 Å². The normalized spacial score (nSPS) is 34.9. The number of carbonyl (C=O) groups is 2. The monoisotopic (exact) mass is 302 g/mol. The van der Waals surface area contributed by atoms with Gasteiger partial charge in [0.1, 0.15) is 12.6 Å². The van der Waals surface area contributed by atoms with E-state index >= 15 is 0 Å². The molecule has 3 atom stereocenters. The molecule has 2 aliphatic carbocycles. The summed E-state index contributed by atoms with van der Waals surface area (Å²) in [6.45, 7) is 11.6. The van der Waals surface area contributed by atoms with Crippen molar-refractivity contribution in [2.45, 2.75) is 65.7 Å². The van der Waals surface area contributed by atoms with Gasteiger partial charge in [0.15, 0.2) is 0 Å². The van der Waals surface area contributed by atoms with E-state index in [1.807, 2.05) is 6.08 Å². The summed E-state index contributed by atoms with van der Waals surface area (Å²) in [6.07, 6.45) is 10.9. The molecule has 122 valence electrons. The van der Waals surface area contributed by atoms with Crippen LogP contribution in [0.2, 0.25) is 0 Å². The molecule has 2 rings (SSSR count). The zero-order chi connectivity index (χ0) is 16.4. The standard InChI is InChI=1S/C20H30O2/c1-15-6-9-18-19(2,3)11-5-12-20(18,4)17(15)8-7-16(14-22)10-13-21/h7,13-14,17-18H,1,5-6,8-12H2,2-4H3/b16-7+/t17?,18-,20+/m0/s1. The lowest BCUT2D eigenvalue weighted by atomic mass is 9.47. The van der Waals surface area contributed by atoms with Crippen LogP contribution in [0.25, 0.3) is 0 Å². The van der Waals surface area contributed by atoms with Gasteiger partial charge in [-0.15, -0.1) is 0 Å². The third-order valence-corrected chi connectivity index (χ3v) is 6.41. The Kier molecular flexibility index (Phi) is 5.09. The van der Waals surface area contributed by atoms with Crippen LogP contribution in [0.5, 0.6) is 0 Å². The van der Waals surface area contributed by atoms with E-state index in [-0.39, 0.29) is 11.8 Å². The molecule has 0 N–H and O–H groups in total. The molecule has 0 aliphatic heterocycles. The number of hydrogen-bond donors (Lipinski definition) is 0. The third-order valence-electron chi connectivity index (χ3n) is 6.41. The van der Waals surface area contributed by atoms with Crippen molar-refractivity contribution < 1.29 is 9.59 Å². The largest absolute Gasteiger partial charge is 0.303 e. The number of rotatable bonds is 5. The fraction of sp³-hybridized carbons (Fsp3) is 0.700. The lowest BCUT2D eigenvalue weighted by Crippen LogP contribution is -2.49. The number of carbonyl (C=O) groups excluding carboxylic acids is 2. The number of hydrogen-bond acceptors (Lipinski definition) is 2. The van der Waals surface area contributed by atoms with Crippen LogP contribution in [0.3, 0.4) is 0 Å². The Hall–Kier alpha value is -1.18. The highest BCUT2D eigenvalue weighted by atomic mass is 16.1. The Bertz CT molecular complexity index is 486. The Labute approximate surface area is 135 Å². The van der Waals surface area contributed by atoms with Crippen LogP contribution in [0.1, 0.15) is 65.7 Å². The zero-order valence-electron chi connectivity index (χ0n) is 14.4. The van der Waals surface area contributed by atoms with Crippen LogP contribution in [0, 0.1) is 22.7 Å². The number of fused-ring (bicyclic) bond motifs is 1. The average Bonchev–Trinajstić information content (AvgIpc) is 2.44. The van der Waals surface area contributed by atoms with E-state index in [0.29, 0.717) is 16.9 Å². The summed E-state index contributed by atoms with van der Waals surface area (Å²) in [7, 11) is 0. The fourth-order valence-electron chi connectivity index (χ4n) is 5.25. The van der Waals surface area contributed by atoms with Crippen molar-refractivity contribution in [2.75, 3.05) is 0 Å². The molecular weight excluding hydrogens is 272 g/mol. The SMILES string of the molecule is C=C1CC[C@H]2C(C)(C)CCC[C@]2(C)C1C/C=C(/C=O)CC=O. The first-order chi connectivity index (χ1) is 10.3. The molecule has 2 heteroatoms. The highest BCUT2D eigenvalue weighted by Crippen LogP contribution is 2.61. The van der Waals surface area contributed by atoms with E-state index < -0.39 is 0 Å². The maximum absolute atomic E-state index is 11.1. The highest BCUT2D eigenvalue weighted by Gasteiger charge is 2.52. The number of allylic oxidation sites excluding steroid dienone is 3. The van der Waals surface area contributed by atoms with Gasteiger partial charge in [0, 0.05) is 6.42 Å². The van der Waals surface area contributed by atoms with Crippen molar-refractivity contribution in [3.05, 3.63) is 23.8 Å². The summed E-state index contributed by atoms with van der Waals surface area (Å²) in [5, 5.41) is 0. The summed E-state index contributed by atoms with van der Waals surface area (Å²) in [4.78, 5) is 21.7. The van der Waals surface area contributed by atoms with Gasteiger partial charge in [-0.1, -0.05) is 45.4 Å². The second-order valence-electron chi connectivity index (χ2n) is 8.15. The lowest BCUT2D eigenvalue weighted by molar-refractivity contribution is -0.109. The summed E-state index contributed by atoms with van der Waals surface area (Å²) in [6, 6.07) is 0. The molecule has 22 heavy (non-hydrogen) atoms. The van der Waals surface area contributed by atoms with Crippen molar-refractivity contribution >= 4 is 12.6 Å². The summed E-state index contributed by atoms with van der Waals surface area (Å²) in [5.74, 6) is 1.16. The second-order valence-corrected chi connectivity index (χ2v) is 8.15. The van der Waals surface area contributed by atoms with Gasteiger partial charge in [-0.05, 0) is 60.3 Å². The van der Waals surface area contributed by atoms with Crippen molar-refractivity contribution in [3.8, 4) is 0 Å². The quantitative estimate of drug-likeness (QED) is 0.411. The van der Waals surface area contributed by atoms with E-state index in [1.165, 1.54) is 31.3 Å². The molecule has 0 spiro atoms. The van der Waals surface area contributed by atoms with E-state index in [9.17, 15) is 9.59 Å². The van der Waals surface area contributed by atoms with Crippen LogP contribution in [0.4, 0.5) is 0 Å². The molecule has 2 aliphatic rings. The minimum atomic E-state index is 0.230. The van der Waals surface area contributed by atoms with Crippen molar-refractivity contribution in [1.29, 1.82) is 0 Å². The Balaban J connectivity index is 2.26. The number of aldehydes is 2. The highest BCUT2D eigenvalue weighted by molar-refractivity contribution is 5.78. The smallest absolute Gasteiger partial charge is 0.146 e. The Morgan fingerprint density at radius 2 is 2.00 bits per heavy atom. The first-order valence-corrected chi connectivity index (χ1v) is 8.60. The molecule has 0 aromatic heterocycles. The predicted octanol–water partition coefficient (Wildman–Crippen LogP) is 4.89. The fourth-order valence-corrected chi connectivity index (χ4v) is 5.25. The van der Waals surface area contributed by atoms with Crippen molar-refractivity contribution in [3.63, 3.8) is 0 Å². The van der Waals surface area contributed by atoms with Gasteiger partial charge in [-0.2, -0.15) is 0 Å². The van der Waals surface area contributed by atoms with Crippen LogP contribution in [-0.4, -0.2) is 12.6 Å². The Morgan fingerprint density at radius 3 is 2.64 bits per heavy atom. The topological polar surface area (TPSA) is 34.1 Å². The summed E-state index contributed by atoms with van der Waals surface area (Å²) < 4.78 is 0. The molecule has 2 nitrogen and oxygen atoms in total. The van der Waals surface area contributed by atoms with Gasteiger partial charge in [0.25, 0.3) is 0 Å². The van der Waals surface area contributed by atoms with Gasteiger partial charge < -0.3 is 4.79 Å².